The minimum absolute atomic E-state index is 0.0200. The number of amides is 2. The molecule has 0 radical (unpaired) electrons. The molecule has 1 saturated heterocycles. The molecular weight excluding hydrogens is 300 g/mol. The summed E-state index contributed by atoms with van der Waals surface area (Å²) < 4.78 is 5.57. The molecule has 3 rings (SSSR count). The molecule has 1 aliphatic rings. The molecule has 0 aliphatic carbocycles. The Morgan fingerprint density at radius 2 is 2.18 bits per heavy atom. The fourth-order valence-corrected chi connectivity index (χ4v) is 3.42. The third kappa shape index (κ3) is 3.06. The molecule has 0 saturated carbocycles. The maximum absolute atomic E-state index is 12.3. The van der Waals surface area contributed by atoms with E-state index in [4.69, 9.17) is 4.42 Å². The Labute approximate surface area is 132 Å². The van der Waals surface area contributed by atoms with Crippen molar-refractivity contribution < 1.29 is 14.0 Å². The molecule has 0 bridgehead atoms. The van der Waals surface area contributed by atoms with Crippen molar-refractivity contribution in [3.63, 3.8) is 0 Å². The number of carbonyl (C=O) groups excluding carboxylic acids is 2. The van der Waals surface area contributed by atoms with Gasteiger partial charge in [-0.3, -0.25) is 9.59 Å². The maximum atomic E-state index is 12.3. The van der Waals surface area contributed by atoms with Crippen LogP contribution in [-0.2, 0) is 4.79 Å². The molecule has 3 heterocycles. The second kappa shape index (κ2) is 5.96. The number of hydrogen-bond acceptors (Lipinski definition) is 4. The lowest BCUT2D eigenvalue weighted by Crippen LogP contribution is -2.48. The Morgan fingerprint density at radius 3 is 2.86 bits per heavy atom. The first-order chi connectivity index (χ1) is 10.5. The molecular formula is C16H18N2O3S. The number of furan rings is 1. The molecule has 0 spiro atoms. The molecule has 2 aromatic rings. The first kappa shape index (κ1) is 14.8. The lowest BCUT2D eigenvalue weighted by Gasteiger charge is -2.29. The summed E-state index contributed by atoms with van der Waals surface area (Å²) in [5.41, 5.74) is 0. The van der Waals surface area contributed by atoms with Crippen molar-refractivity contribution >= 4 is 23.2 Å². The fraction of sp³-hybridized carbons (Fsp3) is 0.375. The average molecular weight is 318 g/mol. The van der Waals surface area contributed by atoms with Crippen LogP contribution in [0.25, 0.3) is 10.6 Å². The number of nitrogens with one attached hydrogen (secondary N) is 1. The van der Waals surface area contributed by atoms with Gasteiger partial charge in [0, 0.05) is 26.1 Å². The van der Waals surface area contributed by atoms with Gasteiger partial charge in [0.05, 0.1) is 9.75 Å². The molecule has 1 fully saturated rings. The second-order valence-electron chi connectivity index (χ2n) is 5.56. The number of rotatable bonds is 3. The predicted octanol–water partition coefficient (Wildman–Crippen LogP) is 2.67. The molecule has 0 unspecified atom stereocenters. The Kier molecular flexibility index (Phi) is 4.02. The third-order valence-corrected chi connectivity index (χ3v) is 4.87. The van der Waals surface area contributed by atoms with Crippen molar-refractivity contribution in [1.82, 2.24) is 10.2 Å². The van der Waals surface area contributed by atoms with Crippen molar-refractivity contribution in [2.24, 2.45) is 0 Å². The monoisotopic (exact) mass is 318 g/mol. The highest BCUT2D eigenvalue weighted by Gasteiger charge is 2.24. The molecule has 2 aromatic heterocycles. The van der Waals surface area contributed by atoms with Gasteiger partial charge < -0.3 is 14.6 Å². The van der Waals surface area contributed by atoms with E-state index < -0.39 is 0 Å². The topological polar surface area (TPSA) is 62.6 Å². The van der Waals surface area contributed by atoms with E-state index in [0.29, 0.717) is 24.3 Å². The summed E-state index contributed by atoms with van der Waals surface area (Å²) in [4.78, 5) is 27.0. The summed E-state index contributed by atoms with van der Waals surface area (Å²) in [6.45, 7) is 2.46. The predicted molar refractivity (Wildman–Crippen MR) is 84.9 cm³/mol. The van der Waals surface area contributed by atoms with Gasteiger partial charge in [0.1, 0.15) is 11.5 Å². The quantitative estimate of drug-likeness (QED) is 0.946. The van der Waals surface area contributed by atoms with Crippen LogP contribution in [0.1, 0.15) is 28.3 Å². The van der Waals surface area contributed by atoms with E-state index in [9.17, 15) is 9.59 Å². The fourth-order valence-electron chi connectivity index (χ4n) is 2.55. The highest BCUT2D eigenvalue weighted by molar-refractivity contribution is 7.17. The Bertz CT molecular complexity index is 704. The van der Waals surface area contributed by atoms with Gasteiger partial charge in [-0.1, -0.05) is 0 Å². The highest BCUT2D eigenvalue weighted by Crippen LogP contribution is 2.29. The Hall–Kier alpha value is -2.08. The van der Waals surface area contributed by atoms with E-state index in [0.717, 1.165) is 16.4 Å². The van der Waals surface area contributed by atoms with E-state index >= 15 is 0 Å². The van der Waals surface area contributed by atoms with Gasteiger partial charge in [-0.15, -0.1) is 11.3 Å². The van der Waals surface area contributed by atoms with Crippen molar-refractivity contribution in [1.29, 1.82) is 0 Å². The van der Waals surface area contributed by atoms with Crippen LogP contribution in [0.15, 0.2) is 28.7 Å². The number of nitrogens with zero attached hydrogens (tertiary/aromatic N) is 1. The van der Waals surface area contributed by atoms with Gasteiger partial charge >= 0.3 is 0 Å². The summed E-state index contributed by atoms with van der Waals surface area (Å²) in [6.07, 6.45) is 1.19. The number of likely N-dealkylation sites (tertiary alicyclic amines) is 1. The zero-order valence-corrected chi connectivity index (χ0v) is 13.4. The van der Waals surface area contributed by atoms with Crippen LogP contribution in [0.5, 0.6) is 0 Å². The number of piperidine rings is 1. The van der Waals surface area contributed by atoms with Gasteiger partial charge in [-0.25, -0.2) is 0 Å². The summed E-state index contributed by atoms with van der Waals surface area (Å²) >= 11 is 1.41. The summed E-state index contributed by atoms with van der Waals surface area (Å²) in [5.74, 6) is 1.68. The van der Waals surface area contributed by atoms with Gasteiger partial charge in [-0.2, -0.15) is 0 Å². The summed E-state index contributed by atoms with van der Waals surface area (Å²) in [6, 6.07) is 7.54. The first-order valence-electron chi connectivity index (χ1n) is 7.24. The van der Waals surface area contributed by atoms with Crippen LogP contribution >= 0.6 is 11.3 Å². The number of likely N-dealkylation sites (N-methyl/N-ethyl adjacent to an activating group) is 1. The van der Waals surface area contributed by atoms with Crippen molar-refractivity contribution in [2.45, 2.75) is 25.8 Å². The minimum atomic E-state index is -0.0905. The molecule has 0 aromatic carbocycles. The number of aryl methyl sites for hydroxylation is 1. The highest BCUT2D eigenvalue weighted by atomic mass is 32.1. The molecule has 6 heteroatoms. The molecule has 5 nitrogen and oxygen atoms in total. The van der Waals surface area contributed by atoms with Crippen molar-refractivity contribution in [3.8, 4) is 10.6 Å². The third-order valence-electron chi connectivity index (χ3n) is 3.77. The van der Waals surface area contributed by atoms with Gasteiger partial charge in [-0.05, 0) is 37.6 Å². The average Bonchev–Trinajstić information content (AvgIpc) is 3.11. The van der Waals surface area contributed by atoms with Gasteiger partial charge in [0.25, 0.3) is 5.91 Å². The van der Waals surface area contributed by atoms with Crippen LogP contribution in [0.3, 0.4) is 0 Å². The largest absolute Gasteiger partial charge is 0.461 e. The van der Waals surface area contributed by atoms with E-state index in [-0.39, 0.29) is 17.9 Å². The van der Waals surface area contributed by atoms with E-state index in [1.807, 2.05) is 31.2 Å². The van der Waals surface area contributed by atoms with Crippen LogP contribution in [-0.4, -0.2) is 36.3 Å². The molecule has 1 aliphatic heterocycles. The number of thiophene rings is 1. The number of hydrogen-bond donors (Lipinski definition) is 1. The SMILES string of the molecule is Cc1ccc(-c2ccc(C(=O)N[C@H]3CCC(=O)N(C)C3)s2)o1. The van der Waals surface area contributed by atoms with Crippen LogP contribution in [0.2, 0.25) is 0 Å². The molecule has 116 valence electrons. The van der Waals surface area contributed by atoms with E-state index in [1.54, 1.807) is 11.9 Å². The lowest BCUT2D eigenvalue weighted by molar-refractivity contribution is -0.132. The van der Waals surface area contributed by atoms with E-state index in [2.05, 4.69) is 5.32 Å². The summed E-state index contributed by atoms with van der Waals surface area (Å²) in [5, 5.41) is 3.00. The molecule has 1 atom stereocenters. The smallest absolute Gasteiger partial charge is 0.261 e. The number of carbonyl (C=O) groups is 2. The molecule has 1 N–H and O–H groups in total. The summed E-state index contributed by atoms with van der Waals surface area (Å²) in [7, 11) is 1.77. The van der Waals surface area contributed by atoms with Crippen LogP contribution < -0.4 is 5.32 Å². The van der Waals surface area contributed by atoms with Gasteiger partial charge in [0.15, 0.2) is 0 Å². The standard InChI is InChI=1S/C16H18N2O3S/c1-10-3-5-12(21-10)13-6-7-14(22-13)16(20)17-11-4-8-15(19)18(2)9-11/h3,5-7,11H,4,8-9H2,1-2H3,(H,17,20)/t11-/m0/s1. The first-order valence-corrected chi connectivity index (χ1v) is 8.06. The second-order valence-corrected chi connectivity index (χ2v) is 6.64. The van der Waals surface area contributed by atoms with Crippen molar-refractivity contribution in [2.75, 3.05) is 13.6 Å². The zero-order valence-electron chi connectivity index (χ0n) is 12.6. The Morgan fingerprint density at radius 1 is 1.36 bits per heavy atom. The zero-order chi connectivity index (χ0) is 15.7. The van der Waals surface area contributed by atoms with Crippen LogP contribution in [0.4, 0.5) is 0 Å². The van der Waals surface area contributed by atoms with E-state index in [1.165, 1.54) is 11.3 Å². The maximum Gasteiger partial charge on any atom is 0.261 e. The lowest BCUT2D eigenvalue weighted by atomic mass is 10.1. The van der Waals surface area contributed by atoms with Crippen LogP contribution in [0, 0.1) is 6.92 Å². The minimum Gasteiger partial charge on any atom is -0.461 e. The molecule has 22 heavy (non-hydrogen) atoms. The normalized spacial score (nSPS) is 18.5. The van der Waals surface area contributed by atoms with Gasteiger partial charge in [0.2, 0.25) is 5.91 Å². The molecule has 2 amide bonds. The Balaban J connectivity index is 1.66. The van der Waals surface area contributed by atoms with Crippen molar-refractivity contribution in [3.05, 3.63) is 34.9 Å².